The first-order valence-corrected chi connectivity index (χ1v) is 15.7. The van der Waals surface area contributed by atoms with Crippen LogP contribution in [0.3, 0.4) is 0 Å². The second-order valence-electron chi connectivity index (χ2n) is 10.7. The first-order valence-electron chi connectivity index (χ1n) is 14.7. The van der Waals surface area contributed by atoms with Crippen LogP contribution in [0.2, 0.25) is 0 Å². The highest BCUT2D eigenvalue weighted by atomic mass is 32.2. The van der Waals surface area contributed by atoms with Crippen LogP contribution in [-0.2, 0) is 41.6 Å². The molecule has 4 atom stereocenters. The van der Waals surface area contributed by atoms with Crippen LogP contribution in [0.5, 0.6) is 5.75 Å². The summed E-state index contributed by atoms with van der Waals surface area (Å²) in [5, 5.41) is 22.4. The van der Waals surface area contributed by atoms with Crippen molar-refractivity contribution < 1.29 is 33.9 Å². The Morgan fingerprint density at radius 3 is 2.29 bits per heavy atom. The van der Waals surface area contributed by atoms with Crippen molar-refractivity contribution in [3.63, 3.8) is 0 Å². The minimum absolute atomic E-state index is 0.0802. The van der Waals surface area contributed by atoms with E-state index in [0.717, 1.165) is 22.9 Å². The van der Waals surface area contributed by atoms with Crippen LogP contribution in [0.1, 0.15) is 36.8 Å². The van der Waals surface area contributed by atoms with Crippen molar-refractivity contribution in [2.45, 2.75) is 62.7 Å². The molecule has 0 bridgehead atoms. The molecule has 0 spiro atoms. The molecule has 0 saturated carbocycles. The number of aromatic hydroxyl groups is 1. The average molecular weight is 641 g/mol. The van der Waals surface area contributed by atoms with Gasteiger partial charge in [-0.15, -0.1) is 0 Å². The quantitative estimate of drug-likeness (QED) is 0.0838. The molecule has 242 valence electrons. The second kappa shape index (κ2) is 18.4. The smallest absolute Gasteiger partial charge is 0.243 e. The van der Waals surface area contributed by atoms with Gasteiger partial charge in [0.05, 0.1) is 18.6 Å². The zero-order chi connectivity index (χ0) is 32.6. The van der Waals surface area contributed by atoms with Gasteiger partial charge in [0.25, 0.3) is 0 Å². The van der Waals surface area contributed by atoms with Crippen LogP contribution in [0.15, 0.2) is 54.6 Å². The molecule has 1 heterocycles. The Morgan fingerprint density at radius 1 is 0.911 bits per heavy atom. The molecule has 0 aromatic heterocycles. The molecule has 2 aromatic carbocycles. The fraction of sp³-hybridized carbons (Fsp3) is 0.419. The van der Waals surface area contributed by atoms with Gasteiger partial charge in [-0.3, -0.25) is 28.8 Å². The molecule has 0 radical (unpaired) electrons. The molecule has 1 saturated heterocycles. The van der Waals surface area contributed by atoms with Gasteiger partial charge in [-0.25, -0.2) is 0 Å². The standard InChI is InChI=1S/C31H40N6O7S/c32-23(16-21-9-11-22(39)12-10-21)28(41)36-24(8-4-5-14-33-19-38)29(42)34-18-27(40)35-26(17-20-6-2-1-3-7-20)30(43)37-25-13-15-45-31(25)44/h1-3,6-7,9-12,19,23-26,39H,4-5,8,13-18,32H2,(H,33,38)(H,34,42)(H,35,40)(H,36,41)(H,37,43). The van der Waals surface area contributed by atoms with Crippen molar-refractivity contribution >= 4 is 46.9 Å². The molecule has 4 unspecified atom stereocenters. The number of carbonyl (C=O) groups excluding carboxylic acids is 6. The van der Waals surface area contributed by atoms with Crippen molar-refractivity contribution in [1.82, 2.24) is 26.6 Å². The normalized spacial score (nSPS) is 16.1. The number of phenolic OH excluding ortho intramolecular Hbond substituents is 1. The van der Waals surface area contributed by atoms with Crippen LogP contribution in [0.4, 0.5) is 0 Å². The maximum absolute atomic E-state index is 13.1. The number of thioether (sulfide) groups is 1. The maximum Gasteiger partial charge on any atom is 0.243 e. The van der Waals surface area contributed by atoms with E-state index in [1.807, 2.05) is 30.3 Å². The van der Waals surface area contributed by atoms with Crippen LogP contribution in [-0.4, -0.2) is 83.3 Å². The molecule has 1 fully saturated rings. The van der Waals surface area contributed by atoms with Gasteiger partial charge in [0.15, 0.2) is 0 Å². The van der Waals surface area contributed by atoms with Crippen LogP contribution in [0.25, 0.3) is 0 Å². The van der Waals surface area contributed by atoms with Gasteiger partial charge in [-0.1, -0.05) is 54.2 Å². The maximum atomic E-state index is 13.1. The Hall–Kier alpha value is -4.43. The SMILES string of the molecule is NC(Cc1ccc(O)cc1)C(=O)NC(CCCCNC=O)C(=O)NCC(=O)NC(Cc1ccccc1)C(=O)NC1CCSC1=O. The summed E-state index contributed by atoms with van der Waals surface area (Å²) >= 11 is 1.15. The molecule has 3 rings (SSSR count). The largest absolute Gasteiger partial charge is 0.508 e. The third-order valence-corrected chi connectivity index (χ3v) is 8.13. The minimum Gasteiger partial charge on any atom is -0.508 e. The number of amides is 5. The van der Waals surface area contributed by atoms with Crippen molar-refractivity contribution in [2.24, 2.45) is 5.73 Å². The highest BCUT2D eigenvalue weighted by Gasteiger charge is 2.31. The first-order chi connectivity index (χ1) is 21.7. The number of nitrogens with two attached hydrogens (primary N) is 1. The molecule has 8 N–H and O–H groups in total. The zero-order valence-corrected chi connectivity index (χ0v) is 25.6. The number of hydrogen-bond donors (Lipinski definition) is 7. The van der Waals surface area contributed by atoms with E-state index in [4.69, 9.17) is 5.73 Å². The molecule has 14 heteroatoms. The van der Waals surface area contributed by atoms with Gasteiger partial charge in [-0.05, 0) is 55.4 Å². The molecular formula is C31H40N6O7S. The molecule has 1 aliphatic rings. The summed E-state index contributed by atoms with van der Waals surface area (Å²) in [5.41, 5.74) is 7.60. The summed E-state index contributed by atoms with van der Waals surface area (Å²) in [6.45, 7) is -0.0706. The number of carbonyl (C=O) groups is 6. The van der Waals surface area contributed by atoms with E-state index in [9.17, 15) is 33.9 Å². The summed E-state index contributed by atoms with van der Waals surface area (Å²) in [5.74, 6) is -1.63. The number of hydrogen-bond acceptors (Lipinski definition) is 9. The number of unbranched alkanes of at least 4 members (excludes halogenated alkanes) is 1. The van der Waals surface area contributed by atoms with Gasteiger partial charge in [0, 0.05) is 18.7 Å². The molecule has 1 aliphatic heterocycles. The van der Waals surface area contributed by atoms with E-state index in [1.54, 1.807) is 12.1 Å². The number of phenols is 1. The van der Waals surface area contributed by atoms with Gasteiger partial charge >= 0.3 is 0 Å². The van der Waals surface area contributed by atoms with Gasteiger partial charge in [0.2, 0.25) is 35.2 Å². The third-order valence-electron chi connectivity index (χ3n) is 7.12. The number of nitrogens with one attached hydrogen (secondary N) is 5. The average Bonchev–Trinajstić information content (AvgIpc) is 3.43. The van der Waals surface area contributed by atoms with Gasteiger partial charge < -0.3 is 37.4 Å². The Bertz CT molecular complexity index is 1310. The lowest BCUT2D eigenvalue weighted by Crippen LogP contribution is -2.55. The number of rotatable bonds is 18. The van der Waals surface area contributed by atoms with Crippen LogP contribution >= 0.6 is 11.8 Å². The topological polar surface area (TPSA) is 209 Å². The second-order valence-corrected chi connectivity index (χ2v) is 11.8. The van der Waals surface area contributed by atoms with E-state index in [0.29, 0.717) is 38.0 Å². The fourth-order valence-electron chi connectivity index (χ4n) is 4.65. The van der Waals surface area contributed by atoms with E-state index in [-0.39, 0.29) is 30.1 Å². The van der Waals surface area contributed by atoms with E-state index in [2.05, 4.69) is 26.6 Å². The fourth-order valence-corrected chi connectivity index (χ4v) is 5.59. The highest BCUT2D eigenvalue weighted by Crippen LogP contribution is 2.19. The predicted octanol–water partition coefficient (Wildman–Crippen LogP) is -0.345. The lowest BCUT2D eigenvalue weighted by atomic mass is 10.0. The van der Waals surface area contributed by atoms with Crippen molar-refractivity contribution in [3.05, 3.63) is 65.7 Å². The molecule has 5 amide bonds. The number of benzene rings is 2. The first kappa shape index (κ1) is 35.1. The lowest BCUT2D eigenvalue weighted by Gasteiger charge is -2.22. The van der Waals surface area contributed by atoms with Crippen molar-refractivity contribution in [3.8, 4) is 5.75 Å². The van der Waals surface area contributed by atoms with Gasteiger partial charge in [-0.2, -0.15) is 0 Å². The third kappa shape index (κ3) is 12.2. The van der Waals surface area contributed by atoms with Crippen molar-refractivity contribution in [2.75, 3.05) is 18.8 Å². The molecule has 45 heavy (non-hydrogen) atoms. The minimum atomic E-state index is -1.01. The van der Waals surface area contributed by atoms with Crippen molar-refractivity contribution in [1.29, 1.82) is 0 Å². The molecular weight excluding hydrogens is 600 g/mol. The molecule has 0 aliphatic carbocycles. The van der Waals surface area contributed by atoms with E-state index in [1.165, 1.54) is 12.1 Å². The Balaban J connectivity index is 1.60. The van der Waals surface area contributed by atoms with E-state index >= 15 is 0 Å². The molecule has 2 aromatic rings. The Morgan fingerprint density at radius 2 is 1.62 bits per heavy atom. The zero-order valence-electron chi connectivity index (χ0n) is 24.8. The van der Waals surface area contributed by atoms with E-state index < -0.39 is 54.3 Å². The lowest BCUT2D eigenvalue weighted by molar-refractivity contribution is -0.132. The summed E-state index contributed by atoms with van der Waals surface area (Å²) in [6, 6.07) is 11.7. The predicted molar refractivity (Wildman–Crippen MR) is 169 cm³/mol. The molecule has 13 nitrogen and oxygen atoms in total. The summed E-state index contributed by atoms with van der Waals surface area (Å²) in [7, 11) is 0. The van der Waals surface area contributed by atoms with Crippen LogP contribution < -0.4 is 32.3 Å². The Labute approximate surface area is 265 Å². The Kier molecular flexibility index (Phi) is 14.3. The monoisotopic (exact) mass is 640 g/mol. The summed E-state index contributed by atoms with van der Waals surface area (Å²) in [6.07, 6.45) is 2.68. The van der Waals surface area contributed by atoms with Crippen LogP contribution in [0, 0.1) is 0 Å². The summed E-state index contributed by atoms with van der Waals surface area (Å²) < 4.78 is 0. The summed E-state index contributed by atoms with van der Waals surface area (Å²) in [4.78, 5) is 74.6. The highest BCUT2D eigenvalue weighted by molar-refractivity contribution is 8.14. The van der Waals surface area contributed by atoms with Gasteiger partial charge in [0.1, 0.15) is 17.8 Å².